The molecule has 0 saturated heterocycles. The summed E-state index contributed by atoms with van der Waals surface area (Å²) in [4.78, 5) is 14.4. The molecule has 0 spiro atoms. The Morgan fingerprint density at radius 1 is 1.41 bits per heavy atom. The van der Waals surface area contributed by atoms with E-state index in [-0.39, 0.29) is 34.7 Å². The Morgan fingerprint density at radius 2 is 2.11 bits per heavy atom. The smallest absolute Gasteiger partial charge is 0.293 e. The van der Waals surface area contributed by atoms with Crippen molar-refractivity contribution in [1.82, 2.24) is 15.5 Å². The van der Waals surface area contributed by atoms with Crippen molar-refractivity contribution >= 4 is 33.8 Å². The third-order valence-electron chi connectivity index (χ3n) is 3.64. The Hall–Kier alpha value is -2.28. The summed E-state index contributed by atoms with van der Waals surface area (Å²) in [7, 11) is -2.18. The number of hydrogen-bond donors (Lipinski definition) is 3. The van der Waals surface area contributed by atoms with Crippen LogP contribution in [0.1, 0.15) is 18.6 Å². The number of halogens is 1. The van der Waals surface area contributed by atoms with Gasteiger partial charge in [0.1, 0.15) is 5.69 Å². The molecule has 2 rings (SSSR count). The lowest BCUT2D eigenvalue weighted by Gasteiger charge is -2.07. The van der Waals surface area contributed by atoms with Gasteiger partial charge in [-0.05, 0) is 26.1 Å². The number of nitrogens with one attached hydrogen (secondary N) is 2. The molecular formula is C14H21ClN6O5S. The Balaban J connectivity index is 0.00000364. The van der Waals surface area contributed by atoms with Crippen LogP contribution in [0.4, 0.5) is 11.4 Å². The molecule has 1 aromatic heterocycles. The minimum atomic E-state index is -4.02. The van der Waals surface area contributed by atoms with E-state index in [0.29, 0.717) is 31.1 Å². The summed E-state index contributed by atoms with van der Waals surface area (Å²) in [5, 5.41) is 26.0. The van der Waals surface area contributed by atoms with Crippen LogP contribution in [0.5, 0.6) is 0 Å². The maximum atomic E-state index is 11.3. The van der Waals surface area contributed by atoms with Crippen molar-refractivity contribution in [3.8, 4) is 0 Å². The summed E-state index contributed by atoms with van der Waals surface area (Å²) in [5.41, 5.74) is -0.212. The highest BCUT2D eigenvalue weighted by Crippen LogP contribution is 2.27. The van der Waals surface area contributed by atoms with E-state index in [0.717, 1.165) is 6.07 Å². The van der Waals surface area contributed by atoms with Gasteiger partial charge in [-0.3, -0.25) is 10.1 Å². The average Bonchev–Trinajstić information content (AvgIpc) is 3.01. The molecule has 4 N–H and O–H groups in total. The zero-order valence-electron chi connectivity index (χ0n) is 14.7. The number of nitro benzene ring substituents is 1. The van der Waals surface area contributed by atoms with Gasteiger partial charge in [-0.2, -0.15) is 4.98 Å². The van der Waals surface area contributed by atoms with E-state index in [9.17, 15) is 18.5 Å². The molecule has 0 aliphatic carbocycles. The third-order valence-corrected chi connectivity index (χ3v) is 4.55. The maximum absolute atomic E-state index is 11.3. The fraction of sp³-hybridized carbons (Fsp3) is 0.429. The number of likely N-dealkylation sites (N-methyl/N-ethyl adjacent to an activating group) is 1. The highest BCUT2D eigenvalue weighted by Gasteiger charge is 2.19. The highest BCUT2D eigenvalue weighted by molar-refractivity contribution is 7.89. The first-order valence-corrected chi connectivity index (χ1v) is 9.29. The molecule has 1 aromatic carbocycles. The maximum Gasteiger partial charge on any atom is 0.293 e. The summed E-state index contributed by atoms with van der Waals surface area (Å²) in [6, 6.07) is 3.63. The summed E-state index contributed by atoms with van der Waals surface area (Å²) in [5.74, 6) is 0.977. The summed E-state index contributed by atoms with van der Waals surface area (Å²) in [6.45, 7) is 2.28. The van der Waals surface area contributed by atoms with Gasteiger partial charge in [0.2, 0.25) is 15.9 Å². The van der Waals surface area contributed by atoms with Crippen LogP contribution >= 0.6 is 12.4 Å². The van der Waals surface area contributed by atoms with Crippen LogP contribution in [0.25, 0.3) is 0 Å². The highest BCUT2D eigenvalue weighted by atomic mass is 35.5. The molecule has 13 heteroatoms. The molecule has 0 bridgehead atoms. The number of nitrogens with zero attached hydrogens (tertiary/aromatic N) is 3. The standard InChI is InChI=1S/C14H20N6O5S.ClH/c1-9(16-2)7-13-18-14(25-19-13)5-6-17-11-4-3-10(26(15,23)24)8-12(11)20(21)22;/h3-4,8-9,16-17H,5-7H2,1-2H3,(H2,15,23,24);1H. The second kappa shape index (κ2) is 9.60. The van der Waals surface area contributed by atoms with Crippen molar-refractivity contribution in [2.45, 2.75) is 30.7 Å². The Labute approximate surface area is 162 Å². The molecule has 0 radical (unpaired) electrons. The van der Waals surface area contributed by atoms with Gasteiger partial charge in [-0.1, -0.05) is 5.16 Å². The van der Waals surface area contributed by atoms with Crippen molar-refractivity contribution in [3.63, 3.8) is 0 Å². The molecule has 0 aliphatic heterocycles. The topological polar surface area (TPSA) is 166 Å². The van der Waals surface area contributed by atoms with Gasteiger partial charge >= 0.3 is 0 Å². The summed E-state index contributed by atoms with van der Waals surface area (Å²) < 4.78 is 27.8. The normalized spacial score (nSPS) is 12.3. The number of rotatable bonds is 9. The van der Waals surface area contributed by atoms with Crippen LogP contribution in [0, 0.1) is 10.1 Å². The van der Waals surface area contributed by atoms with Crippen LogP contribution in [-0.2, 0) is 22.9 Å². The lowest BCUT2D eigenvalue weighted by atomic mass is 10.2. The molecule has 0 saturated carbocycles. The van der Waals surface area contributed by atoms with Crippen LogP contribution in [-0.4, -0.2) is 43.1 Å². The molecule has 2 aromatic rings. The average molecular weight is 421 g/mol. The predicted molar refractivity (Wildman–Crippen MR) is 100 cm³/mol. The largest absolute Gasteiger partial charge is 0.379 e. The SMILES string of the molecule is CNC(C)Cc1noc(CCNc2ccc(S(N)(=O)=O)cc2[N+](=O)[O-])n1.Cl. The van der Waals surface area contributed by atoms with Crippen molar-refractivity contribution in [2.75, 3.05) is 18.9 Å². The second-order valence-electron chi connectivity index (χ2n) is 5.66. The molecule has 0 fully saturated rings. The lowest BCUT2D eigenvalue weighted by molar-refractivity contribution is -0.384. The van der Waals surface area contributed by atoms with E-state index in [1.54, 1.807) is 0 Å². The molecule has 150 valence electrons. The Kier molecular flexibility index (Phi) is 8.09. The monoisotopic (exact) mass is 420 g/mol. The van der Waals surface area contributed by atoms with E-state index in [1.807, 2.05) is 14.0 Å². The number of anilines is 1. The first-order valence-electron chi connectivity index (χ1n) is 7.74. The quantitative estimate of drug-likeness (QED) is 0.393. The number of aromatic nitrogens is 2. The van der Waals surface area contributed by atoms with Gasteiger partial charge in [0, 0.05) is 31.5 Å². The number of benzene rings is 1. The predicted octanol–water partition coefficient (Wildman–Crippen LogP) is 0.852. The van der Waals surface area contributed by atoms with Gasteiger partial charge in [0.15, 0.2) is 5.82 Å². The second-order valence-corrected chi connectivity index (χ2v) is 7.22. The third kappa shape index (κ3) is 6.43. The first kappa shape index (κ1) is 22.8. The van der Waals surface area contributed by atoms with Crippen molar-refractivity contribution in [2.24, 2.45) is 5.14 Å². The van der Waals surface area contributed by atoms with Crippen LogP contribution in [0.15, 0.2) is 27.6 Å². The van der Waals surface area contributed by atoms with E-state index in [2.05, 4.69) is 20.8 Å². The van der Waals surface area contributed by atoms with Crippen molar-refractivity contribution < 1.29 is 17.9 Å². The molecule has 0 aliphatic rings. The van der Waals surface area contributed by atoms with Gasteiger partial charge < -0.3 is 15.2 Å². The number of sulfonamides is 1. The van der Waals surface area contributed by atoms with E-state index in [4.69, 9.17) is 9.66 Å². The van der Waals surface area contributed by atoms with Crippen LogP contribution < -0.4 is 15.8 Å². The molecule has 27 heavy (non-hydrogen) atoms. The minimum Gasteiger partial charge on any atom is -0.379 e. The lowest BCUT2D eigenvalue weighted by Crippen LogP contribution is -2.24. The fourth-order valence-corrected chi connectivity index (χ4v) is 2.68. The van der Waals surface area contributed by atoms with Crippen LogP contribution in [0.2, 0.25) is 0 Å². The fourth-order valence-electron chi connectivity index (χ4n) is 2.14. The number of nitrogens with two attached hydrogens (primary N) is 1. The molecule has 1 heterocycles. The molecule has 11 nitrogen and oxygen atoms in total. The first-order chi connectivity index (χ1) is 12.2. The van der Waals surface area contributed by atoms with E-state index in [1.165, 1.54) is 12.1 Å². The van der Waals surface area contributed by atoms with Crippen molar-refractivity contribution in [3.05, 3.63) is 40.0 Å². The zero-order chi connectivity index (χ0) is 19.3. The van der Waals surface area contributed by atoms with Gasteiger partial charge in [0.05, 0.1) is 9.82 Å². The van der Waals surface area contributed by atoms with E-state index >= 15 is 0 Å². The summed E-state index contributed by atoms with van der Waals surface area (Å²) in [6.07, 6.45) is 0.975. The van der Waals surface area contributed by atoms with Gasteiger partial charge in [-0.15, -0.1) is 12.4 Å². The Morgan fingerprint density at radius 3 is 2.70 bits per heavy atom. The molecular weight excluding hydrogens is 400 g/mol. The zero-order valence-corrected chi connectivity index (χ0v) is 16.3. The van der Waals surface area contributed by atoms with Crippen molar-refractivity contribution in [1.29, 1.82) is 0 Å². The molecule has 0 amide bonds. The van der Waals surface area contributed by atoms with Gasteiger partial charge in [0.25, 0.3) is 5.69 Å². The molecule has 1 atom stereocenters. The van der Waals surface area contributed by atoms with Crippen LogP contribution in [0.3, 0.4) is 0 Å². The number of nitro groups is 1. The number of hydrogen-bond acceptors (Lipinski definition) is 9. The number of primary sulfonamides is 1. The molecule has 1 unspecified atom stereocenters. The van der Waals surface area contributed by atoms with E-state index < -0.39 is 14.9 Å². The van der Waals surface area contributed by atoms with Gasteiger partial charge in [-0.25, -0.2) is 13.6 Å². The summed E-state index contributed by atoms with van der Waals surface area (Å²) >= 11 is 0. The minimum absolute atomic E-state index is 0. The Bertz CT molecular complexity index is 888.